The molecular weight excluding hydrogens is 243 g/mol. The Morgan fingerprint density at radius 3 is 2.63 bits per heavy atom. The van der Waals surface area contributed by atoms with Gasteiger partial charge in [0.1, 0.15) is 5.82 Å². The smallest absolute Gasteiger partial charge is 0.123 e. The Kier molecular flexibility index (Phi) is 3.97. The molecule has 102 valence electrons. The minimum absolute atomic E-state index is 0.218. The quantitative estimate of drug-likeness (QED) is 0.657. The lowest BCUT2D eigenvalue weighted by molar-refractivity contribution is 0.475. The monoisotopic (exact) mass is 262 g/mol. The van der Waals surface area contributed by atoms with Crippen molar-refractivity contribution >= 4 is 0 Å². The molecule has 3 N–H and O–H groups in total. The molecule has 2 aromatic rings. The number of rotatable bonds is 4. The number of halogens is 1. The van der Waals surface area contributed by atoms with Crippen LogP contribution in [0.15, 0.2) is 30.5 Å². The van der Waals surface area contributed by atoms with Gasteiger partial charge in [0.2, 0.25) is 0 Å². The van der Waals surface area contributed by atoms with Crippen molar-refractivity contribution in [2.45, 2.75) is 32.9 Å². The van der Waals surface area contributed by atoms with E-state index in [4.69, 9.17) is 5.84 Å². The normalized spacial score (nSPS) is 12.9. The van der Waals surface area contributed by atoms with Crippen LogP contribution in [-0.2, 0) is 0 Å². The SMILES string of the molecule is Cc1cc(F)cc(C(NN)c2ccnn2C(C)C)c1. The fourth-order valence-corrected chi connectivity index (χ4v) is 2.27. The second-order valence-corrected chi connectivity index (χ2v) is 4.96. The van der Waals surface area contributed by atoms with Gasteiger partial charge in [-0.3, -0.25) is 10.5 Å². The van der Waals surface area contributed by atoms with E-state index >= 15 is 0 Å². The molecule has 1 aromatic heterocycles. The van der Waals surface area contributed by atoms with Gasteiger partial charge in [0.25, 0.3) is 0 Å². The van der Waals surface area contributed by atoms with E-state index in [2.05, 4.69) is 10.5 Å². The maximum atomic E-state index is 13.5. The maximum Gasteiger partial charge on any atom is 0.123 e. The summed E-state index contributed by atoms with van der Waals surface area (Å²) in [7, 11) is 0. The Bertz CT molecular complexity index is 542. The van der Waals surface area contributed by atoms with Crippen LogP contribution in [0.2, 0.25) is 0 Å². The molecule has 0 amide bonds. The van der Waals surface area contributed by atoms with Gasteiger partial charge < -0.3 is 0 Å². The first-order valence-electron chi connectivity index (χ1n) is 6.29. The maximum absolute atomic E-state index is 13.5. The van der Waals surface area contributed by atoms with E-state index < -0.39 is 0 Å². The number of nitrogens with two attached hydrogens (primary N) is 1. The van der Waals surface area contributed by atoms with Crippen molar-refractivity contribution < 1.29 is 4.39 Å². The van der Waals surface area contributed by atoms with Gasteiger partial charge in [0.05, 0.1) is 11.7 Å². The first-order chi connectivity index (χ1) is 9.02. The van der Waals surface area contributed by atoms with Crippen molar-refractivity contribution in [2.24, 2.45) is 5.84 Å². The number of aromatic nitrogens is 2. The van der Waals surface area contributed by atoms with Crippen LogP contribution in [0.25, 0.3) is 0 Å². The van der Waals surface area contributed by atoms with Gasteiger partial charge in [0.15, 0.2) is 0 Å². The van der Waals surface area contributed by atoms with Crippen LogP contribution in [0.4, 0.5) is 4.39 Å². The molecule has 0 fully saturated rings. The number of hydrazine groups is 1. The Balaban J connectivity index is 2.47. The molecule has 0 aliphatic carbocycles. The third kappa shape index (κ3) is 2.83. The van der Waals surface area contributed by atoms with Crippen LogP contribution in [0.5, 0.6) is 0 Å². The van der Waals surface area contributed by atoms with Crippen molar-refractivity contribution in [1.29, 1.82) is 0 Å². The van der Waals surface area contributed by atoms with Crippen molar-refractivity contribution in [3.63, 3.8) is 0 Å². The van der Waals surface area contributed by atoms with E-state index in [-0.39, 0.29) is 17.9 Å². The number of nitrogens with one attached hydrogen (secondary N) is 1. The van der Waals surface area contributed by atoms with Crippen LogP contribution >= 0.6 is 0 Å². The van der Waals surface area contributed by atoms with Crippen LogP contribution in [0.3, 0.4) is 0 Å². The summed E-state index contributed by atoms with van der Waals surface area (Å²) >= 11 is 0. The van der Waals surface area contributed by atoms with Gasteiger partial charge in [0, 0.05) is 12.2 Å². The summed E-state index contributed by atoms with van der Waals surface area (Å²) in [5.74, 6) is 5.39. The lowest BCUT2D eigenvalue weighted by Crippen LogP contribution is -2.31. The highest BCUT2D eigenvalue weighted by Crippen LogP contribution is 2.24. The average molecular weight is 262 g/mol. The van der Waals surface area contributed by atoms with Crippen molar-refractivity contribution in [3.05, 3.63) is 53.1 Å². The molecule has 1 unspecified atom stereocenters. The predicted octanol–water partition coefficient (Wildman–Crippen LogP) is 2.46. The summed E-state index contributed by atoms with van der Waals surface area (Å²) in [4.78, 5) is 0. The molecule has 0 aliphatic rings. The Morgan fingerprint density at radius 1 is 1.32 bits per heavy atom. The highest BCUT2D eigenvalue weighted by atomic mass is 19.1. The predicted molar refractivity (Wildman–Crippen MR) is 72.9 cm³/mol. The topological polar surface area (TPSA) is 55.9 Å². The number of hydrogen-bond donors (Lipinski definition) is 2. The van der Waals surface area contributed by atoms with Crippen molar-refractivity contribution in [3.8, 4) is 0 Å². The second-order valence-electron chi connectivity index (χ2n) is 4.96. The summed E-state index contributed by atoms with van der Waals surface area (Å²) < 4.78 is 15.4. The van der Waals surface area contributed by atoms with Crippen molar-refractivity contribution in [1.82, 2.24) is 15.2 Å². The number of hydrogen-bond acceptors (Lipinski definition) is 3. The zero-order chi connectivity index (χ0) is 14.0. The molecule has 2 rings (SSSR count). The standard InChI is InChI=1S/C14H19FN4/c1-9(2)19-13(4-5-17-19)14(18-16)11-6-10(3)7-12(15)8-11/h4-9,14,18H,16H2,1-3H3. The molecule has 1 aromatic carbocycles. The van der Waals surface area contributed by atoms with Gasteiger partial charge in [-0.25, -0.2) is 9.82 Å². The Morgan fingerprint density at radius 2 is 2.05 bits per heavy atom. The summed E-state index contributed by atoms with van der Waals surface area (Å²) in [6, 6.07) is 6.75. The minimum atomic E-state index is -0.278. The van der Waals surface area contributed by atoms with E-state index in [1.54, 1.807) is 6.20 Å². The van der Waals surface area contributed by atoms with E-state index in [0.717, 1.165) is 16.8 Å². The molecule has 0 saturated carbocycles. The van der Waals surface area contributed by atoms with Gasteiger partial charge in [-0.05, 0) is 50.1 Å². The second kappa shape index (κ2) is 5.50. The summed E-state index contributed by atoms with van der Waals surface area (Å²) in [5, 5.41) is 4.28. The van der Waals surface area contributed by atoms with Gasteiger partial charge in [-0.1, -0.05) is 6.07 Å². The van der Waals surface area contributed by atoms with Crippen LogP contribution in [0.1, 0.15) is 42.8 Å². The molecule has 0 radical (unpaired) electrons. The molecule has 1 atom stereocenters. The first-order valence-corrected chi connectivity index (χ1v) is 6.29. The van der Waals surface area contributed by atoms with E-state index in [9.17, 15) is 4.39 Å². The van der Waals surface area contributed by atoms with Crippen LogP contribution in [-0.4, -0.2) is 9.78 Å². The van der Waals surface area contributed by atoms with Gasteiger partial charge in [-0.2, -0.15) is 5.10 Å². The molecule has 4 nitrogen and oxygen atoms in total. The van der Waals surface area contributed by atoms with E-state index in [1.165, 1.54) is 12.1 Å². The summed E-state index contributed by atoms with van der Waals surface area (Å²) in [6.07, 6.45) is 1.73. The molecule has 19 heavy (non-hydrogen) atoms. The number of aryl methyl sites for hydroxylation is 1. The average Bonchev–Trinajstić information content (AvgIpc) is 2.78. The van der Waals surface area contributed by atoms with Crippen LogP contribution in [0, 0.1) is 12.7 Å². The number of benzene rings is 1. The minimum Gasteiger partial charge on any atom is -0.271 e. The summed E-state index contributed by atoms with van der Waals surface area (Å²) in [5.41, 5.74) is 5.32. The third-order valence-electron chi connectivity index (χ3n) is 3.05. The highest BCUT2D eigenvalue weighted by molar-refractivity contribution is 5.31. The van der Waals surface area contributed by atoms with Crippen molar-refractivity contribution in [2.75, 3.05) is 0 Å². The lowest BCUT2D eigenvalue weighted by Gasteiger charge is -2.20. The van der Waals surface area contributed by atoms with Gasteiger partial charge in [-0.15, -0.1) is 0 Å². The molecule has 0 spiro atoms. The fraction of sp³-hybridized carbons (Fsp3) is 0.357. The van der Waals surface area contributed by atoms with E-state index in [1.807, 2.05) is 37.6 Å². The molecule has 0 aliphatic heterocycles. The van der Waals surface area contributed by atoms with E-state index in [0.29, 0.717) is 0 Å². The molecule has 1 heterocycles. The molecule has 5 heteroatoms. The molecule has 0 bridgehead atoms. The molecule has 0 saturated heterocycles. The lowest BCUT2D eigenvalue weighted by atomic mass is 10.0. The van der Waals surface area contributed by atoms with Crippen LogP contribution < -0.4 is 11.3 Å². The fourth-order valence-electron chi connectivity index (χ4n) is 2.27. The zero-order valence-corrected chi connectivity index (χ0v) is 11.4. The van der Waals surface area contributed by atoms with Gasteiger partial charge >= 0.3 is 0 Å². The Labute approximate surface area is 112 Å². The first kappa shape index (κ1) is 13.7. The summed E-state index contributed by atoms with van der Waals surface area (Å²) in [6.45, 7) is 5.95. The zero-order valence-electron chi connectivity index (χ0n) is 11.4. The Hall–Kier alpha value is -1.72. The largest absolute Gasteiger partial charge is 0.271 e. The molecular formula is C14H19FN4. The number of nitrogens with zero attached hydrogens (tertiary/aromatic N) is 2. The third-order valence-corrected chi connectivity index (χ3v) is 3.05. The highest BCUT2D eigenvalue weighted by Gasteiger charge is 2.19.